The van der Waals surface area contributed by atoms with E-state index in [1.165, 1.54) is 5.56 Å². The summed E-state index contributed by atoms with van der Waals surface area (Å²) in [6.45, 7) is 4.67. The second-order valence-electron chi connectivity index (χ2n) is 4.89. The molecular weight excluding hydrogens is 284 g/mol. The zero-order valence-electron chi connectivity index (χ0n) is 12.1. The summed E-state index contributed by atoms with van der Waals surface area (Å²) in [6.07, 6.45) is 0. The molecule has 2 aromatic carbocycles. The number of rotatable bonds is 4. The van der Waals surface area contributed by atoms with Gasteiger partial charge in [-0.2, -0.15) is 0 Å². The zero-order valence-corrected chi connectivity index (χ0v) is 12.9. The maximum absolute atomic E-state index is 6.10. The second-order valence-corrected chi connectivity index (χ2v) is 5.16. The number of ether oxygens (including phenoxy) is 1. The Hall–Kier alpha value is -2.00. The molecule has 1 aromatic heterocycles. The van der Waals surface area contributed by atoms with Crippen LogP contribution in [0.25, 0.3) is 16.7 Å². The summed E-state index contributed by atoms with van der Waals surface area (Å²) in [5.41, 5.74) is 4.16. The van der Waals surface area contributed by atoms with Crippen molar-refractivity contribution in [3.8, 4) is 11.4 Å². The molecule has 3 aromatic rings. The summed E-state index contributed by atoms with van der Waals surface area (Å²) < 4.78 is 7.82. The summed E-state index contributed by atoms with van der Waals surface area (Å²) >= 11 is 6.10. The van der Waals surface area contributed by atoms with Gasteiger partial charge in [0.1, 0.15) is 11.6 Å². The van der Waals surface area contributed by atoms with Crippen molar-refractivity contribution in [1.82, 2.24) is 9.55 Å². The number of hydrogen-bond acceptors (Lipinski definition) is 2. The lowest BCUT2D eigenvalue weighted by atomic mass is 10.2. The molecule has 0 radical (unpaired) electrons. The van der Waals surface area contributed by atoms with E-state index in [0.29, 0.717) is 12.5 Å². The molecule has 0 saturated carbocycles. The van der Waals surface area contributed by atoms with Gasteiger partial charge < -0.3 is 4.74 Å². The quantitative estimate of drug-likeness (QED) is 0.665. The van der Waals surface area contributed by atoms with Crippen LogP contribution in [0, 0.1) is 6.92 Å². The predicted molar refractivity (Wildman–Crippen MR) is 86.5 cm³/mol. The van der Waals surface area contributed by atoms with Crippen molar-refractivity contribution < 1.29 is 4.74 Å². The first-order valence-corrected chi connectivity index (χ1v) is 7.54. The molecule has 0 atom stereocenters. The number of imidazole rings is 1. The van der Waals surface area contributed by atoms with Crippen molar-refractivity contribution in [3.05, 3.63) is 53.9 Å². The summed E-state index contributed by atoms with van der Waals surface area (Å²) in [5.74, 6) is 2.02. The van der Waals surface area contributed by atoms with Crippen LogP contribution < -0.4 is 4.74 Å². The molecule has 0 aliphatic carbocycles. The first-order chi connectivity index (χ1) is 10.2. The highest BCUT2D eigenvalue weighted by Gasteiger charge is 2.14. The monoisotopic (exact) mass is 300 g/mol. The smallest absolute Gasteiger partial charge is 0.143 e. The molecule has 0 saturated heterocycles. The average Bonchev–Trinajstić information content (AvgIpc) is 2.85. The van der Waals surface area contributed by atoms with E-state index in [1.807, 2.05) is 31.2 Å². The maximum atomic E-state index is 6.10. The molecule has 21 heavy (non-hydrogen) atoms. The normalized spacial score (nSPS) is 11.0. The van der Waals surface area contributed by atoms with E-state index in [-0.39, 0.29) is 0 Å². The van der Waals surface area contributed by atoms with Crippen molar-refractivity contribution in [3.63, 3.8) is 0 Å². The molecule has 0 N–H and O–H groups in total. The summed E-state index contributed by atoms with van der Waals surface area (Å²) in [5, 5.41) is 0. The highest BCUT2D eigenvalue weighted by molar-refractivity contribution is 6.17. The van der Waals surface area contributed by atoms with Crippen LogP contribution in [-0.4, -0.2) is 16.2 Å². The van der Waals surface area contributed by atoms with Crippen LogP contribution in [0.5, 0.6) is 5.75 Å². The molecule has 0 unspecified atom stereocenters. The molecule has 0 spiro atoms. The molecule has 0 amide bonds. The first kappa shape index (κ1) is 14.0. The minimum absolute atomic E-state index is 0.355. The van der Waals surface area contributed by atoms with E-state index in [4.69, 9.17) is 16.3 Å². The van der Waals surface area contributed by atoms with Crippen molar-refractivity contribution in [2.45, 2.75) is 19.7 Å². The number of aryl methyl sites for hydroxylation is 1. The average molecular weight is 301 g/mol. The van der Waals surface area contributed by atoms with E-state index >= 15 is 0 Å². The Kier molecular flexibility index (Phi) is 3.84. The van der Waals surface area contributed by atoms with Gasteiger partial charge in [0, 0.05) is 0 Å². The number of fused-ring (bicyclic) bond motifs is 1. The third-order valence-corrected chi connectivity index (χ3v) is 3.64. The Bertz CT molecular complexity index is 780. The van der Waals surface area contributed by atoms with E-state index in [0.717, 1.165) is 28.3 Å². The number of para-hydroxylation sites is 2. The lowest BCUT2D eigenvalue weighted by Crippen LogP contribution is -2.03. The van der Waals surface area contributed by atoms with Gasteiger partial charge in [0.15, 0.2) is 0 Å². The number of aromatic nitrogens is 2. The minimum atomic E-state index is 0.355. The number of halogens is 1. The predicted octanol–water partition coefficient (Wildman–Crippen LogP) is 4.47. The van der Waals surface area contributed by atoms with Gasteiger partial charge in [-0.3, -0.25) is 4.57 Å². The van der Waals surface area contributed by atoms with Crippen LogP contribution >= 0.6 is 11.6 Å². The molecule has 108 valence electrons. The van der Waals surface area contributed by atoms with Gasteiger partial charge in [0.2, 0.25) is 0 Å². The number of alkyl halides is 1. The van der Waals surface area contributed by atoms with Crippen LogP contribution in [0.15, 0.2) is 42.5 Å². The second kappa shape index (κ2) is 5.78. The fourth-order valence-corrected chi connectivity index (χ4v) is 2.70. The number of benzene rings is 2. The summed E-state index contributed by atoms with van der Waals surface area (Å²) in [4.78, 5) is 4.65. The molecule has 0 bridgehead atoms. The fraction of sp³-hybridized carbons (Fsp3) is 0.235. The third-order valence-electron chi connectivity index (χ3n) is 3.40. The lowest BCUT2D eigenvalue weighted by molar-refractivity contribution is 0.339. The zero-order chi connectivity index (χ0) is 14.8. The molecule has 3 nitrogen and oxygen atoms in total. The van der Waals surface area contributed by atoms with Crippen molar-refractivity contribution in [1.29, 1.82) is 0 Å². The van der Waals surface area contributed by atoms with Crippen LogP contribution in [0.4, 0.5) is 0 Å². The number of hydrogen-bond donors (Lipinski definition) is 0. The lowest BCUT2D eigenvalue weighted by Gasteiger charge is -2.13. The highest BCUT2D eigenvalue weighted by atomic mass is 35.5. The molecule has 0 fully saturated rings. The molecule has 3 rings (SSSR count). The van der Waals surface area contributed by atoms with Gasteiger partial charge in [0.25, 0.3) is 0 Å². The van der Waals surface area contributed by atoms with Crippen LogP contribution in [0.2, 0.25) is 0 Å². The van der Waals surface area contributed by atoms with E-state index in [9.17, 15) is 0 Å². The molecular formula is C17H17ClN2O. The number of nitrogens with zero attached hydrogens (tertiary/aromatic N) is 2. The van der Waals surface area contributed by atoms with Gasteiger partial charge in [0.05, 0.1) is 29.2 Å². The summed E-state index contributed by atoms with van der Waals surface area (Å²) in [7, 11) is 0. The highest BCUT2D eigenvalue weighted by Crippen LogP contribution is 2.29. The van der Waals surface area contributed by atoms with Crippen LogP contribution in [-0.2, 0) is 5.88 Å². The van der Waals surface area contributed by atoms with Crippen molar-refractivity contribution >= 4 is 22.6 Å². The molecule has 4 heteroatoms. The van der Waals surface area contributed by atoms with Crippen LogP contribution in [0.1, 0.15) is 18.3 Å². The Labute approximate surface area is 129 Å². The Morgan fingerprint density at radius 1 is 1.19 bits per heavy atom. The Morgan fingerprint density at radius 2 is 2.00 bits per heavy atom. The molecule has 0 aliphatic rings. The third kappa shape index (κ3) is 2.49. The Balaban J connectivity index is 2.29. The van der Waals surface area contributed by atoms with E-state index in [2.05, 4.69) is 34.7 Å². The molecule has 1 heterocycles. The van der Waals surface area contributed by atoms with Crippen molar-refractivity contribution in [2.24, 2.45) is 0 Å². The van der Waals surface area contributed by atoms with E-state index < -0.39 is 0 Å². The van der Waals surface area contributed by atoms with Gasteiger partial charge in [-0.1, -0.05) is 18.2 Å². The minimum Gasteiger partial charge on any atom is -0.492 e. The van der Waals surface area contributed by atoms with Gasteiger partial charge in [-0.15, -0.1) is 11.6 Å². The summed E-state index contributed by atoms with van der Waals surface area (Å²) in [6, 6.07) is 14.2. The van der Waals surface area contributed by atoms with E-state index in [1.54, 1.807) is 0 Å². The standard InChI is InChI=1S/C17H17ClN2O/c1-3-21-16-7-5-4-6-15(16)20-14-9-8-12(2)10-13(14)19-17(20)11-18/h4-10H,3,11H2,1-2H3. The van der Waals surface area contributed by atoms with Gasteiger partial charge in [-0.25, -0.2) is 4.98 Å². The van der Waals surface area contributed by atoms with Crippen molar-refractivity contribution in [2.75, 3.05) is 6.61 Å². The fourth-order valence-electron chi connectivity index (χ4n) is 2.52. The molecule has 0 aliphatic heterocycles. The van der Waals surface area contributed by atoms with Gasteiger partial charge >= 0.3 is 0 Å². The Morgan fingerprint density at radius 3 is 2.76 bits per heavy atom. The van der Waals surface area contributed by atoms with Crippen LogP contribution in [0.3, 0.4) is 0 Å². The SMILES string of the molecule is CCOc1ccccc1-n1c(CCl)nc2cc(C)ccc21. The largest absolute Gasteiger partial charge is 0.492 e. The first-order valence-electron chi connectivity index (χ1n) is 7.00. The van der Waals surface area contributed by atoms with Gasteiger partial charge in [-0.05, 0) is 43.7 Å². The topological polar surface area (TPSA) is 27.1 Å². The maximum Gasteiger partial charge on any atom is 0.143 e.